The third-order valence-corrected chi connectivity index (χ3v) is 3.86. The number of ether oxygens (including phenoxy) is 1. The van der Waals surface area contributed by atoms with E-state index in [2.05, 4.69) is 10.2 Å². The van der Waals surface area contributed by atoms with Crippen LogP contribution in [0, 0.1) is 5.82 Å². The first kappa shape index (κ1) is 15.8. The second-order valence-corrected chi connectivity index (χ2v) is 5.83. The molecule has 21 heavy (non-hydrogen) atoms. The monoisotopic (exact) mass is 311 g/mol. The van der Waals surface area contributed by atoms with Crippen molar-refractivity contribution in [2.24, 2.45) is 0 Å². The van der Waals surface area contributed by atoms with Gasteiger partial charge >= 0.3 is 0 Å². The van der Waals surface area contributed by atoms with Crippen LogP contribution in [0.3, 0.4) is 0 Å². The van der Waals surface area contributed by atoms with E-state index in [9.17, 15) is 9.50 Å². The fraction of sp³-hybridized carbons (Fsp3) is 0.429. The van der Waals surface area contributed by atoms with Gasteiger partial charge in [0.1, 0.15) is 24.5 Å². The van der Waals surface area contributed by atoms with Crippen molar-refractivity contribution in [3.05, 3.63) is 36.4 Å². The van der Waals surface area contributed by atoms with E-state index < -0.39 is 6.10 Å². The summed E-state index contributed by atoms with van der Waals surface area (Å²) >= 11 is 1.43. The first-order valence-electron chi connectivity index (χ1n) is 6.65. The van der Waals surface area contributed by atoms with Crippen LogP contribution in [0.4, 0.5) is 4.39 Å². The molecule has 0 aliphatic heterocycles. The summed E-state index contributed by atoms with van der Waals surface area (Å²) in [5.74, 6) is 0.671. The molecular formula is C14H18FN3O2S. The van der Waals surface area contributed by atoms with E-state index in [-0.39, 0.29) is 18.5 Å². The maximum atomic E-state index is 12.7. The zero-order valence-electron chi connectivity index (χ0n) is 11.9. The summed E-state index contributed by atoms with van der Waals surface area (Å²) in [6, 6.07) is 5.98. The molecule has 0 radical (unpaired) electrons. The number of hydrogen-bond acceptors (Lipinski definition) is 5. The molecule has 0 aliphatic carbocycles. The summed E-state index contributed by atoms with van der Waals surface area (Å²) in [4.78, 5) is 0. The van der Waals surface area contributed by atoms with E-state index in [0.717, 1.165) is 5.16 Å². The number of benzene rings is 1. The van der Waals surface area contributed by atoms with Gasteiger partial charge in [-0.2, -0.15) is 0 Å². The molecule has 0 spiro atoms. The van der Waals surface area contributed by atoms with Gasteiger partial charge in [0, 0.05) is 11.8 Å². The van der Waals surface area contributed by atoms with Crippen molar-refractivity contribution in [3.63, 3.8) is 0 Å². The average Bonchev–Trinajstić information content (AvgIpc) is 2.93. The van der Waals surface area contributed by atoms with Gasteiger partial charge in [-0.15, -0.1) is 10.2 Å². The number of aliphatic hydroxyl groups excluding tert-OH is 1. The van der Waals surface area contributed by atoms with Gasteiger partial charge in [-0.1, -0.05) is 11.8 Å². The summed E-state index contributed by atoms with van der Waals surface area (Å²) in [5.41, 5.74) is 0. The van der Waals surface area contributed by atoms with Crippen molar-refractivity contribution in [3.8, 4) is 5.75 Å². The zero-order valence-corrected chi connectivity index (χ0v) is 12.8. The van der Waals surface area contributed by atoms with Crippen molar-refractivity contribution < 1.29 is 14.2 Å². The Balaban J connectivity index is 1.78. The topological polar surface area (TPSA) is 60.2 Å². The second kappa shape index (κ2) is 7.42. The minimum atomic E-state index is -0.641. The lowest BCUT2D eigenvalue weighted by molar-refractivity contribution is 0.126. The highest BCUT2D eigenvalue weighted by Crippen LogP contribution is 2.20. The van der Waals surface area contributed by atoms with Gasteiger partial charge < -0.3 is 14.4 Å². The number of aliphatic hydroxyl groups is 1. The van der Waals surface area contributed by atoms with E-state index in [4.69, 9.17) is 4.74 Å². The Labute approximate surface area is 127 Å². The minimum Gasteiger partial charge on any atom is -0.491 e. The Hall–Kier alpha value is -1.60. The quantitative estimate of drug-likeness (QED) is 0.796. The van der Waals surface area contributed by atoms with E-state index in [1.165, 1.54) is 36.0 Å². The molecule has 2 aromatic rings. The molecule has 0 fully saturated rings. The second-order valence-electron chi connectivity index (χ2n) is 4.84. The molecule has 1 unspecified atom stereocenters. The summed E-state index contributed by atoms with van der Waals surface area (Å²) in [7, 11) is 0. The molecule has 114 valence electrons. The summed E-state index contributed by atoms with van der Waals surface area (Å²) in [6.45, 7) is 4.23. The van der Waals surface area contributed by atoms with Gasteiger partial charge in [0.2, 0.25) is 0 Å². The summed E-state index contributed by atoms with van der Waals surface area (Å²) in [6.07, 6.45) is 1.03. The lowest BCUT2D eigenvalue weighted by atomic mass is 10.3. The van der Waals surface area contributed by atoms with Crippen LogP contribution in [0.5, 0.6) is 5.75 Å². The molecule has 0 saturated carbocycles. The van der Waals surface area contributed by atoms with E-state index in [0.29, 0.717) is 11.5 Å². The van der Waals surface area contributed by atoms with Gasteiger partial charge in [-0.05, 0) is 38.1 Å². The van der Waals surface area contributed by atoms with Crippen molar-refractivity contribution >= 4 is 11.8 Å². The number of aromatic nitrogens is 3. The standard InChI is InChI=1S/C14H18FN3O2S/c1-10(2)18-9-16-17-14(18)21-8-12(19)7-20-13-5-3-11(15)4-6-13/h3-6,9-10,12,19H,7-8H2,1-2H3. The Morgan fingerprint density at radius 2 is 2.05 bits per heavy atom. The maximum absolute atomic E-state index is 12.7. The van der Waals surface area contributed by atoms with Crippen LogP contribution in [0.15, 0.2) is 35.7 Å². The van der Waals surface area contributed by atoms with Crippen molar-refractivity contribution in [1.29, 1.82) is 0 Å². The SMILES string of the molecule is CC(C)n1cnnc1SCC(O)COc1ccc(F)cc1. The Morgan fingerprint density at radius 1 is 1.33 bits per heavy atom. The van der Waals surface area contributed by atoms with Crippen molar-refractivity contribution in [2.45, 2.75) is 31.1 Å². The Bertz CT molecular complexity index is 560. The van der Waals surface area contributed by atoms with Crippen LogP contribution in [0.2, 0.25) is 0 Å². The number of hydrogen-bond donors (Lipinski definition) is 1. The molecule has 1 N–H and O–H groups in total. The normalized spacial score (nSPS) is 12.6. The van der Waals surface area contributed by atoms with E-state index >= 15 is 0 Å². The van der Waals surface area contributed by atoms with Crippen LogP contribution >= 0.6 is 11.8 Å². The minimum absolute atomic E-state index is 0.147. The molecular weight excluding hydrogens is 293 g/mol. The molecule has 5 nitrogen and oxygen atoms in total. The van der Waals surface area contributed by atoms with Gasteiger partial charge in [-0.3, -0.25) is 0 Å². The lowest BCUT2D eigenvalue weighted by Gasteiger charge is -2.13. The smallest absolute Gasteiger partial charge is 0.191 e. The third-order valence-electron chi connectivity index (χ3n) is 2.76. The largest absolute Gasteiger partial charge is 0.491 e. The molecule has 1 atom stereocenters. The van der Waals surface area contributed by atoms with Crippen LogP contribution in [-0.2, 0) is 0 Å². The maximum Gasteiger partial charge on any atom is 0.191 e. The van der Waals surface area contributed by atoms with E-state index in [1.807, 2.05) is 18.4 Å². The number of rotatable bonds is 7. The number of halogens is 1. The number of nitrogens with zero attached hydrogens (tertiary/aromatic N) is 3. The average molecular weight is 311 g/mol. The van der Waals surface area contributed by atoms with Crippen LogP contribution in [0.1, 0.15) is 19.9 Å². The van der Waals surface area contributed by atoms with Crippen LogP contribution < -0.4 is 4.74 Å². The van der Waals surface area contributed by atoms with Crippen LogP contribution in [0.25, 0.3) is 0 Å². The predicted molar refractivity (Wildman–Crippen MR) is 79.0 cm³/mol. The van der Waals surface area contributed by atoms with Crippen LogP contribution in [-0.4, -0.2) is 38.3 Å². The fourth-order valence-corrected chi connectivity index (χ4v) is 2.58. The zero-order chi connectivity index (χ0) is 15.2. The van der Waals surface area contributed by atoms with Gasteiger partial charge in [-0.25, -0.2) is 4.39 Å². The third kappa shape index (κ3) is 4.71. The summed E-state index contributed by atoms with van der Waals surface area (Å²) < 4.78 is 20.1. The molecule has 0 amide bonds. The first-order chi connectivity index (χ1) is 10.1. The number of thioether (sulfide) groups is 1. The molecule has 7 heteroatoms. The predicted octanol–water partition coefficient (Wildman–Crippen LogP) is 2.53. The van der Waals surface area contributed by atoms with Gasteiger partial charge in [0.25, 0.3) is 0 Å². The van der Waals surface area contributed by atoms with E-state index in [1.54, 1.807) is 6.33 Å². The highest BCUT2D eigenvalue weighted by Gasteiger charge is 2.12. The molecule has 0 bridgehead atoms. The molecule has 1 aromatic carbocycles. The van der Waals surface area contributed by atoms with Crippen molar-refractivity contribution in [1.82, 2.24) is 14.8 Å². The first-order valence-corrected chi connectivity index (χ1v) is 7.63. The Kier molecular flexibility index (Phi) is 5.58. The van der Waals surface area contributed by atoms with Gasteiger partial charge in [0.05, 0.1) is 6.10 Å². The van der Waals surface area contributed by atoms with Gasteiger partial charge in [0.15, 0.2) is 5.16 Å². The fourth-order valence-electron chi connectivity index (χ4n) is 1.63. The van der Waals surface area contributed by atoms with Crippen molar-refractivity contribution in [2.75, 3.05) is 12.4 Å². The Morgan fingerprint density at radius 3 is 2.71 bits per heavy atom. The lowest BCUT2D eigenvalue weighted by Crippen LogP contribution is -2.20. The highest BCUT2D eigenvalue weighted by molar-refractivity contribution is 7.99. The summed E-state index contributed by atoms with van der Waals surface area (Å²) in [5, 5.41) is 18.6. The molecule has 1 aromatic heterocycles. The molecule has 1 heterocycles. The highest BCUT2D eigenvalue weighted by atomic mass is 32.2. The molecule has 2 rings (SSSR count). The molecule has 0 saturated heterocycles. The molecule has 0 aliphatic rings.